The Morgan fingerprint density at radius 3 is 1.47 bits per heavy atom. The molecule has 0 unspecified atom stereocenters. The molecule has 0 bridgehead atoms. The predicted octanol–water partition coefficient (Wildman–Crippen LogP) is 2.40. The Kier molecular flexibility index (Phi) is 41.3. The Bertz CT molecular complexity index is 188. The molecule has 0 radical (unpaired) electrons. The van der Waals surface area contributed by atoms with Gasteiger partial charge >= 0.3 is 58.4 Å². The molecule has 2 rings (SSSR count). The molecular weight excluding hydrogens is 364 g/mol. The zero-order valence-corrected chi connectivity index (χ0v) is 17.8. The van der Waals surface area contributed by atoms with Gasteiger partial charge in [-0.25, -0.2) is 24.3 Å². The predicted molar refractivity (Wildman–Crippen MR) is 80.3 cm³/mol. The van der Waals surface area contributed by atoms with Gasteiger partial charge in [-0.1, -0.05) is 5.79 Å². The zero-order chi connectivity index (χ0) is 10.5. The van der Waals surface area contributed by atoms with Crippen LogP contribution >= 0.6 is 24.8 Å². The van der Waals surface area contributed by atoms with Crippen molar-refractivity contribution in [3.8, 4) is 0 Å². The third kappa shape index (κ3) is 26.9. The van der Waals surface area contributed by atoms with Gasteiger partial charge in [0.2, 0.25) is 0 Å². The van der Waals surface area contributed by atoms with Gasteiger partial charge in [0.05, 0.1) is 0 Å². The molecule has 0 aromatic heterocycles. The van der Waals surface area contributed by atoms with E-state index in [1.165, 1.54) is 0 Å². The summed E-state index contributed by atoms with van der Waals surface area (Å²) in [7, 11) is 0. The van der Waals surface area contributed by atoms with E-state index >= 15 is 0 Å². The van der Waals surface area contributed by atoms with Crippen molar-refractivity contribution in [2.24, 2.45) is 0 Å². The van der Waals surface area contributed by atoms with E-state index in [0.717, 1.165) is 29.5 Å². The van der Waals surface area contributed by atoms with Gasteiger partial charge in [-0.15, -0.1) is 37.7 Å². The first-order valence-corrected chi connectivity index (χ1v) is 7.65. The maximum atomic E-state index is 4.82. The molecule has 0 aliphatic heterocycles. The van der Waals surface area contributed by atoms with Gasteiger partial charge in [-0.3, -0.25) is 12.2 Å². The van der Waals surface area contributed by atoms with Crippen molar-refractivity contribution in [1.82, 2.24) is 0 Å². The number of hydrogen-bond donors (Lipinski definition) is 0. The number of halogens is 2. The molecule has 0 aromatic carbocycles. The summed E-state index contributed by atoms with van der Waals surface area (Å²) < 4.78 is 4.82. The van der Waals surface area contributed by atoms with Crippen molar-refractivity contribution in [3.05, 3.63) is 48.6 Å². The molecule has 0 saturated carbocycles. The number of allylic oxidation sites excluding steroid dienone is 8. The van der Waals surface area contributed by atoms with Crippen LogP contribution in [0.1, 0.15) is 12.8 Å². The van der Waals surface area contributed by atoms with E-state index in [1.54, 1.807) is 0 Å². The summed E-state index contributed by atoms with van der Waals surface area (Å²) in [6, 6.07) is 0. The molecule has 0 N–H and O–H groups in total. The Morgan fingerprint density at radius 2 is 1.41 bits per heavy atom. The summed E-state index contributed by atoms with van der Waals surface area (Å²) in [6.07, 6.45) is 20.0. The summed E-state index contributed by atoms with van der Waals surface area (Å²) in [5.74, 6) is 2.13. The minimum atomic E-state index is -0.0139. The Balaban J connectivity index is -0.0000000692. The van der Waals surface area contributed by atoms with Gasteiger partial charge in [-0.2, -0.15) is 12.2 Å². The van der Waals surface area contributed by atoms with E-state index in [1.807, 2.05) is 24.3 Å². The molecule has 17 heavy (non-hydrogen) atoms. The van der Waals surface area contributed by atoms with Crippen LogP contribution in [0.5, 0.6) is 0 Å². The van der Waals surface area contributed by atoms with Gasteiger partial charge in [0.25, 0.3) is 0 Å². The van der Waals surface area contributed by atoms with Crippen LogP contribution in [-0.4, -0.2) is 32.2 Å². The van der Waals surface area contributed by atoms with Crippen LogP contribution in [0.3, 0.4) is 0 Å². The van der Waals surface area contributed by atoms with Crippen LogP contribution < -0.4 is 0 Å². The number of rotatable bonds is 1. The third-order valence-corrected chi connectivity index (χ3v) is 3.77. The molecule has 92 valence electrons. The molecule has 0 fully saturated rings. The van der Waals surface area contributed by atoms with Gasteiger partial charge in [0.15, 0.2) is 0 Å². The van der Waals surface area contributed by atoms with Crippen molar-refractivity contribution in [1.29, 1.82) is 0 Å². The SMILES string of the molecule is Cl.Cl.[C-]1=CC=CC1.[C-]1=CC=CC1.[CH3][AlH][O][AlH2].[Zr+2]. The molecular formula is C11H18Al2Cl2OZr. The first-order valence-electron chi connectivity index (χ1n) is 4.84. The van der Waals surface area contributed by atoms with Crippen LogP contribution in [0.2, 0.25) is 5.79 Å². The van der Waals surface area contributed by atoms with Crippen molar-refractivity contribution < 1.29 is 29.0 Å². The Hall–Kier alpha value is 1.45. The van der Waals surface area contributed by atoms with Crippen LogP contribution in [0.15, 0.2) is 36.5 Å². The Morgan fingerprint density at radius 1 is 1.06 bits per heavy atom. The summed E-state index contributed by atoms with van der Waals surface area (Å²) in [6.45, 7) is 0. The van der Waals surface area contributed by atoms with Gasteiger partial charge in [-0.05, 0) is 0 Å². The topological polar surface area (TPSA) is 9.23 Å². The summed E-state index contributed by atoms with van der Waals surface area (Å²) in [5.41, 5.74) is 0. The van der Waals surface area contributed by atoms with E-state index in [2.05, 4.69) is 30.1 Å². The standard InChI is InChI=1S/2C5H5.CH3.2Al.2ClH.O.Zr.3H/c2*1-2-4-5-3-1;;;;;;;;;;/h2*1-3H,4H2;1H3;;;2*1H;;;;;/q2*-1;;;;;;;+2;;;. The van der Waals surface area contributed by atoms with Gasteiger partial charge in [0.1, 0.15) is 0 Å². The second kappa shape index (κ2) is 26.1. The third-order valence-electron chi connectivity index (χ3n) is 1.46. The average molecular weight is 382 g/mol. The molecule has 0 saturated heterocycles. The minimum absolute atomic E-state index is 0. The summed E-state index contributed by atoms with van der Waals surface area (Å²) in [5, 5.41) is 0. The van der Waals surface area contributed by atoms with Gasteiger partial charge < -0.3 is 2.84 Å². The molecule has 1 nitrogen and oxygen atoms in total. The summed E-state index contributed by atoms with van der Waals surface area (Å²) in [4.78, 5) is 0. The van der Waals surface area contributed by atoms with E-state index < -0.39 is 0 Å². The van der Waals surface area contributed by atoms with Gasteiger partial charge in [0, 0.05) is 0 Å². The quantitative estimate of drug-likeness (QED) is 0.500. The van der Waals surface area contributed by atoms with Crippen LogP contribution in [0.25, 0.3) is 0 Å². The molecule has 0 spiro atoms. The van der Waals surface area contributed by atoms with Crippen molar-refractivity contribution in [2.75, 3.05) is 0 Å². The Labute approximate surface area is 152 Å². The molecule has 2 aliphatic rings. The maximum absolute atomic E-state index is 4.82. The van der Waals surface area contributed by atoms with E-state index in [0.29, 0.717) is 0 Å². The van der Waals surface area contributed by atoms with E-state index in [9.17, 15) is 0 Å². The zero-order valence-electron chi connectivity index (χ0n) is 10.3. The average Bonchev–Trinajstić information content (AvgIpc) is 2.94. The summed E-state index contributed by atoms with van der Waals surface area (Å²) >= 11 is 0.938. The fourth-order valence-electron chi connectivity index (χ4n) is 0.680. The second-order valence-corrected chi connectivity index (χ2v) is 5.47. The second-order valence-electron chi connectivity index (χ2n) is 2.58. The fourth-order valence-corrected chi connectivity index (χ4v) is 0.680. The van der Waals surface area contributed by atoms with E-state index in [-0.39, 0.29) is 66.6 Å². The molecule has 0 aromatic rings. The first kappa shape index (κ1) is 26.9. The molecule has 0 heterocycles. The van der Waals surface area contributed by atoms with Crippen molar-refractivity contribution >= 4 is 57.0 Å². The molecule has 0 amide bonds. The largest absolute Gasteiger partial charge is 2.00 e. The van der Waals surface area contributed by atoms with Crippen LogP contribution in [0, 0.1) is 12.2 Å². The van der Waals surface area contributed by atoms with Crippen LogP contribution in [0.4, 0.5) is 0 Å². The molecule has 2 aliphatic carbocycles. The van der Waals surface area contributed by atoms with Crippen molar-refractivity contribution in [3.63, 3.8) is 0 Å². The first-order chi connectivity index (χ1) is 6.91. The smallest absolute Gasteiger partial charge is 0.645 e. The molecule has 0 atom stereocenters. The normalized spacial score (nSPS) is 11.8. The molecule has 6 heteroatoms. The van der Waals surface area contributed by atoms with E-state index in [4.69, 9.17) is 2.84 Å². The maximum Gasteiger partial charge on any atom is 2.00 e. The van der Waals surface area contributed by atoms with Crippen molar-refractivity contribution in [2.45, 2.75) is 18.6 Å². The number of hydrogen-bond acceptors (Lipinski definition) is 1. The monoisotopic (exact) mass is 380 g/mol. The fraction of sp³-hybridized carbons (Fsp3) is 0.273. The minimum Gasteiger partial charge on any atom is -0.645 e. The van der Waals surface area contributed by atoms with Crippen LogP contribution in [-0.2, 0) is 29.0 Å².